The highest BCUT2D eigenvalue weighted by Gasteiger charge is 2.22. The Kier molecular flexibility index (Phi) is 5.36. The van der Waals surface area contributed by atoms with Crippen molar-refractivity contribution in [3.63, 3.8) is 0 Å². The van der Waals surface area contributed by atoms with Crippen LogP contribution >= 0.6 is 0 Å². The summed E-state index contributed by atoms with van der Waals surface area (Å²) in [6.45, 7) is 3.86. The first kappa shape index (κ1) is 18.1. The van der Waals surface area contributed by atoms with Crippen molar-refractivity contribution >= 4 is 15.9 Å². The van der Waals surface area contributed by atoms with Crippen molar-refractivity contribution in [2.24, 2.45) is 0 Å². The average Bonchev–Trinajstić information content (AvgIpc) is 2.55. The Labute approximate surface area is 142 Å². The number of aryl methyl sites for hydroxylation is 1. The van der Waals surface area contributed by atoms with Gasteiger partial charge in [0.2, 0.25) is 10.0 Å². The molecule has 2 rings (SSSR count). The van der Waals surface area contributed by atoms with Gasteiger partial charge in [0.15, 0.2) is 0 Å². The Hall–Kier alpha value is -2.25. The molecule has 1 aromatic heterocycles. The molecule has 0 radical (unpaired) electrons. The second-order valence-electron chi connectivity index (χ2n) is 5.75. The highest BCUT2D eigenvalue weighted by molar-refractivity contribution is 7.89. The summed E-state index contributed by atoms with van der Waals surface area (Å²) in [7, 11) is -0.667. The van der Waals surface area contributed by atoms with Crippen LogP contribution in [0.15, 0.2) is 41.6 Å². The molecule has 1 aromatic carbocycles. The summed E-state index contributed by atoms with van der Waals surface area (Å²) in [6, 6.07) is 6.77. The average molecular weight is 347 g/mol. The standard InChI is InChI=1S/C17H21N3O3S/c1-12-8-15(9-16(13(12)2)24(22,23)20(3)4)17(21)19-11-14-6-5-7-18-10-14/h5-10H,11H2,1-4H3,(H,19,21). The van der Waals surface area contributed by atoms with Crippen LogP contribution in [-0.4, -0.2) is 37.7 Å². The summed E-state index contributed by atoms with van der Waals surface area (Å²) in [4.78, 5) is 16.5. The van der Waals surface area contributed by atoms with Crippen molar-refractivity contribution in [1.29, 1.82) is 0 Å². The molecule has 0 aliphatic carbocycles. The number of aromatic nitrogens is 1. The number of benzene rings is 1. The van der Waals surface area contributed by atoms with Gasteiger partial charge in [-0.15, -0.1) is 0 Å². The van der Waals surface area contributed by atoms with Crippen molar-refractivity contribution < 1.29 is 13.2 Å². The van der Waals surface area contributed by atoms with Crippen LogP contribution in [0.2, 0.25) is 0 Å². The zero-order valence-electron chi connectivity index (χ0n) is 14.2. The summed E-state index contributed by atoms with van der Waals surface area (Å²) in [5.41, 5.74) is 2.59. The number of hydrogen-bond acceptors (Lipinski definition) is 4. The van der Waals surface area contributed by atoms with Crippen LogP contribution in [0.4, 0.5) is 0 Å². The maximum absolute atomic E-state index is 12.4. The minimum Gasteiger partial charge on any atom is -0.348 e. The maximum atomic E-state index is 12.4. The Morgan fingerprint density at radius 2 is 1.96 bits per heavy atom. The summed E-state index contributed by atoms with van der Waals surface area (Å²) >= 11 is 0. The third-order valence-electron chi connectivity index (χ3n) is 3.82. The molecule has 0 saturated heterocycles. The lowest BCUT2D eigenvalue weighted by Gasteiger charge is -2.16. The molecule has 0 atom stereocenters. The highest BCUT2D eigenvalue weighted by Crippen LogP contribution is 2.23. The van der Waals surface area contributed by atoms with E-state index in [1.54, 1.807) is 38.4 Å². The van der Waals surface area contributed by atoms with Crippen molar-refractivity contribution in [3.05, 3.63) is 58.9 Å². The fourth-order valence-electron chi connectivity index (χ4n) is 2.21. The normalized spacial score (nSPS) is 11.5. The van der Waals surface area contributed by atoms with E-state index in [1.165, 1.54) is 20.2 Å². The van der Waals surface area contributed by atoms with Crippen LogP contribution in [0.3, 0.4) is 0 Å². The number of nitrogens with one attached hydrogen (secondary N) is 1. The molecular weight excluding hydrogens is 326 g/mol. The Balaban J connectivity index is 2.31. The van der Waals surface area contributed by atoms with E-state index in [4.69, 9.17) is 0 Å². The minimum absolute atomic E-state index is 0.152. The number of rotatable bonds is 5. The van der Waals surface area contributed by atoms with Gasteiger partial charge in [-0.05, 0) is 48.7 Å². The predicted molar refractivity (Wildman–Crippen MR) is 92.2 cm³/mol. The van der Waals surface area contributed by atoms with Crippen molar-refractivity contribution in [3.8, 4) is 0 Å². The van der Waals surface area contributed by atoms with Gasteiger partial charge in [0, 0.05) is 38.6 Å². The molecule has 0 bridgehead atoms. The summed E-state index contributed by atoms with van der Waals surface area (Å²) in [5, 5.41) is 2.78. The van der Waals surface area contributed by atoms with Gasteiger partial charge in [-0.1, -0.05) is 6.07 Å². The van der Waals surface area contributed by atoms with Gasteiger partial charge in [-0.25, -0.2) is 12.7 Å². The third-order valence-corrected chi connectivity index (χ3v) is 5.76. The molecule has 0 aliphatic rings. The lowest BCUT2D eigenvalue weighted by atomic mass is 10.1. The molecule has 24 heavy (non-hydrogen) atoms. The molecule has 0 aliphatic heterocycles. The van der Waals surface area contributed by atoms with Crippen molar-refractivity contribution in [1.82, 2.24) is 14.6 Å². The number of sulfonamides is 1. The monoisotopic (exact) mass is 347 g/mol. The molecule has 1 amide bonds. The van der Waals surface area contributed by atoms with Gasteiger partial charge in [-0.2, -0.15) is 0 Å². The number of carbonyl (C=O) groups is 1. The van der Waals surface area contributed by atoms with Crippen LogP contribution in [0.5, 0.6) is 0 Å². The van der Waals surface area contributed by atoms with Crippen LogP contribution < -0.4 is 5.32 Å². The zero-order valence-corrected chi connectivity index (χ0v) is 15.0. The van der Waals surface area contributed by atoms with Gasteiger partial charge in [-0.3, -0.25) is 9.78 Å². The fraction of sp³-hybridized carbons (Fsp3) is 0.294. The number of carbonyl (C=O) groups excluding carboxylic acids is 1. The van der Waals surface area contributed by atoms with E-state index in [2.05, 4.69) is 10.3 Å². The van der Waals surface area contributed by atoms with E-state index < -0.39 is 10.0 Å². The van der Waals surface area contributed by atoms with Gasteiger partial charge < -0.3 is 5.32 Å². The minimum atomic E-state index is -3.61. The third kappa shape index (κ3) is 3.80. The lowest BCUT2D eigenvalue weighted by molar-refractivity contribution is 0.0950. The largest absolute Gasteiger partial charge is 0.348 e. The molecular formula is C17H21N3O3S. The van der Waals surface area contributed by atoms with E-state index >= 15 is 0 Å². The number of amides is 1. The molecule has 0 saturated carbocycles. The maximum Gasteiger partial charge on any atom is 0.251 e. The van der Waals surface area contributed by atoms with Crippen LogP contribution in [0, 0.1) is 13.8 Å². The van der Waals surface area contributed by atoms with Crippen LogP contribution in [0.1, 0.15) is 27.0 Å². The van der Waals surface area contributed by atoms with Crippen LogP contribution in [-0.2, 0) is 16.6 Å². The lowest BCUT2D eigenvalue weighted by Crippen LogP contribution is -2.26. The quantitative estimate of drug-likeness (QED) is 0.896. The Morgan fingerprint density at radius 3 is 2.54 bits per heavy atom. The van der Waals surface area contributed by atoms with Crippen LogP contribution in [0.25, 0.3) is 0 Å². The highest BCUT2D eigenvalue weighted by atomic mass is 32.2. The molecule has 0 fully saturated rings. The second-order valence-corrected chi connectivity index (χ2v) is 7.87. The fourth-order valence-corrected chi connectivity index (χ4v) is 3.43. The van der Waals surface area contributed by atoms with Crippen molar-refractivity contribution in [2.45, 2.75) is 25.3 Å². The SMILES string of the molecule is Cc1cc(C(=O)NCc2cccnc2)cc(S(=O)(=O)N(C)C)c1C. The first-order valence-corrected chi connectivity index (χ1v) is 8.88. The van der Waals surface area contributed by atoms with Crippen molar-refractivity contribution in [2.75, 3.05) is 14.1 Å². The molecule has 2 aromatic rings. The molecule has 1 heterocycles. The topological polar surface area (TPSA) is 79.4 Å². The molecule has 0 spiro atoms. The van der Waals surface area contributed by atoms with Gasteiger partial charge in [0.1, 0.15) is 0 Å². The smallest absolute Gasteiger partial charge is 0.251 e. The first-order valence-electron chi connectivity index (χ1n) is 7.44. The van der Waals surface area contributed by atoms with Gasteiger partial charge >= 0.3 is 0 Å². The number of hydrogen-bond donors (Lipinski definition) is 1. The summed E-state index contributed by atoms with van der Waals surface area (Å²) in [6.07, 6.45) is 3.33. The Bertz CT molecular complexity index is 847. The molecule has 128 valence electrons. The summed E-state index contributed by atoms with van der Waals surface area (Å²) in [5.74, 6) is -0.322. The molecule has 0 unspecified atom stereocenters. The zero-order chi connectivity index (χ0) is 17.9. The first-order chi connectivity index (χ1) is 11.2. The molecule has 7 heteroatoms. The van der Waals surface area contributed by atoms with E-state index in [0.717, 1.165) is 15.4 Å². The van der Waals surface area contributed by atoms with E-state index in [-0.39, 0.29) is 10.8 Å². The van der Waals surface area contributed by atoms with Gasteiger partial charge in [0.25, 0.3) is 5.91 Å². The van der Waals surface area contributed by atoms with E-state index in [1.807, 2.05) is 6.07 Å². The predicted octanol–water partition coefficient (Wildman–Crippen LogP) is 1.88. The Morgan fingerprint density at radius 1 is 1.25 bits per heavy atom. The summed E-state index contributed by atoms with van der Waals surface area (Å²) < 4.78 is 26.0. The molecule has 6 nitrogen and oxygen atoms in total. The van der Waals surface area contributed by atoms with E-state index in [9.17, 15) is 13.2 Å². The number of nitrogens with zero attached hydrogens (tertiary/aromatic N) is 2. The second kappa shape index (κ2) is 7.11. The van der Waals surface area contributed by atoms with Gasteiger partial charge in [0.05, 0.1) is 4.90 Å². The molecule has 1 N–H and O–H groups in total. The number of pyridine rings is 1. The van der Waals surface area contributed by atoms with E-state index in [0.29, 0.717) is 17.7 Å².